The van der Waals surface area contributed by atoms with E-state index in [-0.39, 0.29) is 6.04 Å². The van der Waals surface area contributed by atoms with Crippen LogP contribution in [-0.2, 0) is 0 Å². The van der Waals surface area contributed by atoms with E-state index >= 15 is 0 Å². The molecule has 1 aromatic carbocycles. The maximum Gasteiger partial charge on any atom is 0.0788 e. The van der Waals surface area contributed by atoms with Crippen molar-refractivity contribution in [1.82, 2.24) is 15.2 Å². The van der Waals surface area contributed by atoms with Crippen molar-refractivity contribution in [3.63, 3.8) is 0 Å². The predicted molar refractivity (Wildman–Crippen MR) is 84.7 cm³/mol. The first-order chi connectivity index (χ1) is 9.86. The summed E-state index contributed by atoms with van der Waals surface area (Å²) in [6, 6.07) is 14.8. The normalized spacial score (nSPS) is 17.9. The summed E-state index contributed by atoms with van der Waals surface area (Å²) in [7, 11) is 0. The topological polar surface area (TPSA) is 28.2 Å². The Kier molecular flexibility index (Phi) is 4.45. The molecule has 3 nitrogen and oxygen atoms in total. The first-order valence-electron chi connectivity index (χ1n) is 6.96. The van der Waals surface area contributed by atoms with Gasteiger partial charge in [-0.15, -0.1) is 0 Å². The van der Waals surface area contributed by atoms with Gasteiger partial charge < -0.3 is 5.32 Å². The highest BCUT2D eigenvalue weighted by molar-refractivity contribution is 9.10. The van der Waals surface area contributed by atoms with Gasteiger partial charge in [-0.25, -0.2) is 0 Å². The number of hydrogen-bond acceptors (Lipinski definition) is 3. The molecule has 1 unspecified atom stereocenters. The first kappa shape index (κ1) is 13.7. The van der Waals surface area contributed by atoms with E-state index in [1.165, 1.54) is 5.56 Å². The summed E-state index contributed by atoms with van der Waals surface area (Å²) < 4.78 is 1.15. The van der Waals surface area contributed by atoms with Crippen LogP contribution in [0.2, 0.25) is 0 Å². The van der Waals surface area contributed by atoms with Gasteiger partial charge in [0.1, 0.15) is 0 Å². The van der Waals surface area contributed by atoms with Gasteiger partial charge in [0.15, 0.2) is 0 Å². The summed E-state index contributed by atoms with van der Waals surface area (Å²) in [6.07, 6.45) is 1.88. The van der Waals surface area contributed by atoms with E-state index in [9.17, 15) is 0 Å². The van der Waals surface area contributed by atoms with Crippen molar-refractivity contribution in [3.05, 3.63) is 64.4 Å². The molecule has 104 valence electrons. The smallest absolute Gasteiger partial charge is 0.0788 e. The minimum absolute atomic E-state index is 0.217. The maximum absolute atomic E-state index is 4.59. The molecule has 0 spiro atoms. The zero-order valence-corrected chi connectivity index (χ0v) is 12.9. The van der Waals surface area contributed by atoms with Gasteiger partial charge in [0.2, 0.25) is 0 Å². The molecule has 20 heavy (non-hydrogen) atoms. The number of halogens is 1. The van der Waals surface area contributed by atoms with Crippen LogP contribution in [0.15, 0.2) is 53.1 Å². The van der Waals surface area contributed by atoms with Gasteiger partial charge in [-0.05, 0) is 23.8 Å². The summed E-state index contributed by atoms with van der Waals surface area (Å²) in [5, 5.41) is 3.41. The maximum atomic E-state index is 4.59. The quantitative estimate of drug-likeness (QED) is 0.937. The lowest BCUT2D eigenvalue weighted by Crippen LogP contribution is -2.45. The number of hydrogen-bond donors (Lipinski definition) is 1. The monoisotopic (exact) mass is 331 g/mol. The van der Waals surface area contributed by atoms with E-state index in [1.807, 2.05) is 12.3 Å². The van der Waals surface area contributed by atoms with Crippen molar-refractivity contribution < 1.29 is 0 Å². The molecular formula is C16H18BrN3. The van der Waals surface area contributed by atoms with Crippen LogP contribution in [0.25, 0.3) is 0 Å². The van der Waals surface area contributed by atoms with Crippen LogP contribution in [-0.4, -0.2) is 36.1 Å². The number of nitrogens with one attached hydrogen (secondary N) is 1. The molecule has 0 radical (unpaired) electrons. The molecule has 0 saturated carbocycles. The van der Waals surface area contributed by atoms with Crippen LogP contribution < -0.4 is 5.32 Å². The zero-order chi connectivity index (χ0) is 13.8. The molecule has 1 atom stereocenters. The third kappa shape index (κ3) is 2.92. The number of benzene rings is 1. The van der Waals surface area contributed by atoms with Crippen molar-refractivity contribution in [2.45, 2.75) is 6.04 Å². The number of piperazine rings is 1. The third-order valence-corrected chi connectivity index (χ3v) is 4.41. The Morgan fingerprint density at radius 3 is 2.50 bits per heavy atom. The highest BCUT2D eigenvalue weighted by Gasteiger charge is 2.26. The summed E-state index contributed by atoms with van der Waals surface area (Å²) in [6.45, 7) is 4.16. The lowest BCUT2D eigenvalue weighted by atomic mass is 10.0. The molecule has 1 aliphatic heterocycles. The molecule has 1 N–H and O–H groups in total. The Morgan fingerprint density at radius 2 is 1.80 bits per heavy atom. The summed E-state index contributed by atoms with van der Waals surface area (Å²) in [5.74, 6) is 0. The molecule has 0 bridgehead atoms. The SMILES string of the molecule is Brc1ccccc1C(c1ccccn1)N1CCNCC1. The number of rotatable bonds is 3. The Labute approximate surface area is 128 Å². The molecule has 3 rings (SSSR count). The average Bonchev–Trinajstić information content (AvgIpc) is 2.52. The van der Waals surface area contributed by atoms with Crippen molar-refractivity contribution in [3.8, 4) is 0 Å². The van der Waals surface area contributed by atoms with Crippen molar-refractivity contribution in [1.29, 1.82) is 0 Å². The first-order valence-corrected chi connectivity index (χ1v) is 7.75. The van der Waals surface area contributed by atoms with Crippen LogP contribution in [0, 0.1) is 0 Å². The van der Waals surface area contributed by atoms with E-state index in [1.54, 1.807) is 0 Å². The van der Waals surface area contributed by atoms with Crippen LogP contribution in [0.5, 0.6) is 0 Å². The second-order valence-electron chi connectivity index (χ2n) is 4.96. The Bertz CT molecular complexity index is 553. The third-order valence-electron chi connectivity index (χ3n) is 3.68. The lowest BCUT2D eigenvalue weighted by molar-refractivity contribution is 0.195. The van der Waals surface area contributed by atoms with Gasteiger partial charge in [-0.2, -0.15) is 0 Å². The van der Waals surface area contributed by atoms with Gasteiger partial charge in [0.05, 0.1) is 11.7 Å². The molecule has 1 fully saturated rings. The second-order valence-corrected chi connectivity index (χ2v) is 5.82. The van der Waals surface area contributed by atoms with Crippen molar-refractivity contribution in [2.24, 2.45) is 0 Å². The standard InChI is InChI=1S/C16H18BrN3/c17-14-6-2-1-5-13(14)16(15-7-3-4-8-19-15)20-11-9-18-10-12-20/h1-8,16,18H,9-12H2. The number of nitrogens with zero attached hydrogens (tertiary/aromatic N) is 2. The molecule has 1 aromatic heterocycles. The average molecular weight is 332 g/mol. The minimum Gasteiger partial charge on any atom is -0.314 e. The molecule has 4 heteroatoms. The molecule has 0 amide bonds. The van der Waals surface area contributed by atoms with Crippen LogP contribution in [0.1, 0.15) is 17.3 Å². The number of pyridine rings is 1. The summed E-state index contributed by atoms with van der Waals surface area (Å²) >= 11 is 3.69. The highest BCUT2D eigenvalue weighted by atomic mass is 79.9. The van der Waals surface area contributed by atoms with E-state index < -0.39 is 0 Å². The van der Waals surface area contributed by atoms with Crippen LogP contribution in [0.4, 0.5) is 0 Å². The van der Waals surface area contributed by atoms with E-state index in [0.717, 1.165) is 36.3 Å². The fourth-order valence-electron chi connectivity index (χ4n) is 2.72. The summed E-state index contributed by atoms with van der Waals surface area (Å²) in [4.78, 5) is 7.09. The van der Waals surface area contributed by atoms with Crippen LogP contribution in [0.3, 0.4) is 0 Å². The van der Waals surface area contributed by atoms with Gasteiger partial charge in [-0.3, -0.25) is 9.88 Å². The van der Waals surface area contributed by atoms with Gasteiger partial charge in [0, 0.05) is 36.8 Å². The fourth-order valence-corrected chi connectivity index (χ4v) is 3.22. The molecule has 0 aliphatic carbocycles. The number of aromatic nitrogens is 1. The van der Waals surface area contributed by atoms with Gasteiger partial charge in [-0.1, -0.05) is 40.2 Å². The largest absolute Gasteiger partial charge is 0.314 e. The Balaban J connectivity index is 2.01. The predicted octanol–water partition coefficient (Wildman–Crippen LogP) is 2.84. The zero-order valence-electron chi connectivity index (χ0n) is 11.3. The molecule has 1 saturated heterocycles. The Hall–Kier alpha value is -1.23. The van der Waals surface area contributed by atoms with E-state index in [4.69, 9.17) is 0 Å². The van der Waals surface area contributed by atoms with Crippen molar-refractivity contribution in [2.75, 3.05) is 26.2 Å². The second kappa shape index (κ2) is 6.48. The van der Waals surface area contributed by atoms with E-state index in [0.29, 0.717) is 0 Å². The lowest BCUT2D eigenvalue weighted by Gasteiger charge is -2.35. The molecule has 2 heterocycles. The highest BCUT2D eigenvalue weighted by Crippen LogP contribution is 2.32. The molecule has 1 aliphatic rings. The van der Waals surface area contributed by atoms with Crippen molar-refractivity contribution >= 4 is 15.9 Å². The molecular weight excluding hydrogens is 314 g/mol. The van der Waals surface area contributed by atoms with Gasteiger partial charge in [0.25, 0.3) is 0 Å². The van der Waals surface area contributed by atoms with Gasteiger partial charge >= 0.3 is 0 Å². The van der Waals surface area contributed by atoms with E-state index in [2.05, 4.69) is 67.5 Å². The summed E-state index contributed by atoms with van der Waals surface area (Å²) in [5.41, 5.74) is 2.40. The minimum atomic E-state index is 0.217. The fraction of sp³-hybridized carbons (Fsp3) is 0.312. The Morgan fingerprint density at radius 1 is 1.05 bits per heavy atom. The van der Waals surface area contributed by atoms with Crippen LogP contribution >= 0.6 is 15.9 Å². The molecule has 2 aromatic rings.